The molecule has 0 spiro atoms. The van der Waals surface area contributed by atoms with Gasteiger partial charge in [-0.1, -0.05) is 11.6 Å². The fourth-order valence-corrected chi connectivity index (χ4v) is 6.06. The maximum absolute atomic E-state index is 13.7. The Labute approximate surface area is 263 Å². The Morgan fingerprint density at radius 3 is 2.70 bits per heavy atom. The summed E-state index contributed by atoms with van der Waals surface area (Å²) in [6.07, 6.45) is 1.92. The monoisotopic (exact) mass is 648 g/mol. The summed E-state index contributed by atoms with van der Waals surface area (Å²) in [6.45, 7) is 2.73. The fourth-order valence-electron chi connectivity index (χ4n) is 4.52. The van der Waals surface area contributed by atoms with Crippen LogP contribution in [0.5, 0.6) is 5.75 Å². The first-order chi connectivity index (χ1) is 21.0. The average molecular weight is 649 g/mol. The molecule has 1 aromatic heterocycles. The zero-order valence-electron chi connectivity index (χ0n) is 24.4. The Balaban J connectivity index is 1.59. The molecule has 236 valence electrons. The van der Waals surface area contributed by atoms with Gasteiger partial charge in [0.25, 0.3) is 0 Å². The van der Waals surface area contributed by atoms with Crippen molar-refractivity contribution >= 4 is 69.2 Å². The maximum atomic E-state index is 13.7. The Morgan fingerprint density at radius 2 is 2.05 bits per heavy atom. The molecule has 4 N–H and O–H groups in total. The second-order valence-electron chi connectivity index (χ2n) is 10.5. The van der Waals surface area contributed by atoms with Crippen LogP contribution in [-0.4, -0.2) is 94.8 Å². The summed E-state index contributed by atoms with van der Waals surface area (Å²) in [5, 5.41) is 18.2. The standard InChI is InChI=1S/C29H34ClFN6O6S/c1-16(38)34-25(29(40)41)14-44-19(12-37(2)3)9-27(39)36-24-10-20-23(11-26(24)43-18-6-7-42-13-18)32-15-33-28(20)35-17-4-5-22(31)21(30)8-17/h4-5,8,10-11,15,18-19,25H,6-7,9,12-14H2,1-3H3,(H,34,38)(H,36,39)(H,40,41)(H,32,33,35)/t18-,19?,25-/m0/s1. The first-order valence-corrected chi connectivity index (χ1v) is 15.2. The van der Waals surface area contributed by atoms with E-state index in [1.165, 1.54) is 43.2 Å². The van der Waals surface area contributed by atoms with Gasteiger partial charge >= 0.3 is 5.97 Å². The van der Waals surface area contributed by atoms with Crippen LogP contribution in [0.2, 0.25) is 5.02 Å². The topological polar surface area (TPSA) is 155 Å². The van der Waals surface area contributed by atoms with E-state index >= 15 is 0 Å². The third kappa shape index (κ3) is 9.39. The predicted octanol–water partition coefficient (Wildman–Crippen LogP) is 3.91. The van der Waals surface area contributed by atoms with Crippen LogP contribution in [0.25, 0.3) is 10.9 Å². The van der Waals surface area contributed by atoms with Crippen molar-refractivity contribution in [1.29, 1.82) is 0 Å². The number of carbonyl (C=O) groups is 3. The lowest BCUT2D eigenvalue weighted by Crippen LogP contribution is -2.42. The molecule has 2 heterocycles. The zero-order chi connectivity index (χ0) is 31.8. The van der Waals surface area contributed by atoms with E-state index in [4.69, 9.17) is 21.1 Å². The molecule has 1 saturated heterocycles. The van der Waals surface area contributed by atoms with Gasteiger partial charge in [-0.05, 0) is 38.4 Å². The van der Waals surface area contributed by atoms with E-state index in [9.17, 15) is 23.9 Å². The van der Waals surface area contributed by atoms with Gasteiger partial charge in [-0.3, -0.25) is 9.59 Å². The molecule has 12 nitrogen and oxygen atoms in total. The summed E-state index contributed by atoms with van der Waals surface area (Å²) >= 11 is 7.25. The Morgan fingerprint density at radius 1 is 1.25 bits per heavy atom. The molecule has 1 aliphatic rings. The van der Waals surface area contributed by atoms with E-state index in [0.29, 0.717) is 60.0 Å². The molecule has 1 unspecified atom stereocenters. The van der Waals surface area contributed by atoms with Crippen molar-refractivity contribution in [2.24, 2.45) is 0 Å². The number of fused-ring (bicyclic) bond motifs is 1. The number of aliphatic carboxylic acids is 1. The summed E-state index contributed by atoms with van der Waals surface area (Å²) in [7, 11) is 3.71. The van der Waals surface area contributed by atoms with Crippen molar-refractivity contribution in [3.63, 3.8) is 0 Å². The van der Waals surface area contributed by atoms with Crippen LogP contribution in [0.3, 0.4) is 0 Å². The molecule has 3 atom stereocenters. The van der Waals surface area contributed by atoms with E-state index < -0.39 is 23.7 Å². The minimum atomic E-state index is -1.15. The van der Waals surface area contributed by atoms with E-state index in [-0.39, 0.29) is 34.5 Å². The SMILES string of the molecule is CC(=O)N[C@@H](CSC(CC(=O)Nc1cc2c(Nc3ccc(F)c(Cl)c3)ncnc2cc1O[C@H]1CCOC1)CN(C)C)C(=O)O. The third-order valence-corrected chi connectivity index (χ3v) is 8.13. The van der Waals surface area contributed by atoms with E-state index in [1.807, 2.05) is 19.0 Å². The molecule has 2 amide bonds. The number of carbonyl (C=O) groups excluding carboxylic acids is 2. The van der Waals surface area contributed by atoms with Crippen LogP contribution in [0.4, 0.5) is 21.6 Å². The molecule has 44 heavy (non-hydrogen) atoms. The van der Waals surface area contributed by atoms with Crippen LogP contribution >= 0.6 is 23.4 Å². The highest BCUT2D eigenvalue weighted by molar-refractivity contribution is 8.00. The van der Waals surface area contributed by atoms with Gasteiger partial charge in [0, 0.05) is 54.5 Å². The quantitative estimate of drug-likeness (QED) is 0.201. The third-order valence-electron chi connectivity index (χ3n) is 6.53. The molecule has 0 saturated carbocycles. The second-order valence-corrected chi connectivity index (χ2v) is 12.2. The number of hydrogen-bond acceptors (Lipinski definition) is 10. The number of benzene rings is 2. The summed E-state index contributed by atoms with van der Waals surface area (Å²) in [4.78, 5) is 47.1. The first-order valence-electron chi connectivity index (χ1n) is 13.8. The number of thioether (sulfide) groups is 1. The Bertz CT molecular complexity index is 1510. The molecule has 0 bridgehead atoms. The number of anilines is 3. The molecule has 1 fully saturated rings. The second kappa shape index (κ2) is 15.3. The van der Waals surface area contributed by atoms with Gasteiger partial charge in [0.15, 0.2) is 0 Å². The van der Waals surface area contributed by atoms with E-state index in [1.54, 1.807) is 12.1 Å². The number of ether oxygens (including phenoxy) is 2. The lowest BCUT2D eigenvalue weighted by atomic mass is 10.1. The van der Waals surface area contributed by atoms with E-state index in [0.717, 1.165) is 0 Å². The minimum Gasteiger partial charge on any atom is -0.486 e. The number of rotatable bonds is 14. The fraction of sp³-hybridized carbons (Fsp3) is 0.414. The molecular weight excluding hydrogens is 615 g/mol. The molecule has 15 heteroatoms. The highest BCUT2D eigenvalue weighted by atomic mass is 35.5. The minimum absolute atomic E-state index is 0.0484. The molecule has 1 aliphatic heterocycles. The number of nitrogens with zero attached hydrogens (tertiary/aromatic N) is 3. The molecular formula is C29H34ClFN6O6S. The molecule has 3 aromatic rings. The lowest BCUT2D eigenvalue weighted by molar-refractivity contribution is -0.140. The van der Waals surface area contributed by atoms with Crippen LogP contribution in [0, 0.1) is 5.82 Å². The maximum Gasteiger partial charge on any atom is 0.327 e. The largest absolute Gasteiger partial charge is 0.486 e. The number of halogens is 2. The average Bonchev–Trinajstić information content (AvgIpc) is 3.46. The van der Waals surface area contributed by atoms with Gasteiger partial charge in [-0.25, -0.2) is 19.2 Å². The van der Waals surface area contributed by atoms with Crippen molar-refractivity contribution in [2.45, 2.75) is 37.2 Å². The molecule has 2 aromatic carbocycles. The number of amides is 2. The number of hydrogen-bond donors (Lipinski definition) is 4. The summed E-state index contributed by atoms with van der Waals surface area (Å²) in [5.41, 5.74) is 1.44. The summed E-state index contributed by atoms with van der Waals surface area (Å²) in [5.74, 6) is -1.56. The lowest BCUT2D eigenvalue weighted by Gasteiger charge is -2.23. The molecule has 4 rings (SSSR count). The summed E-state index contributed by atoms with van der Waals surface area (Å²) in [6, 6.07) is 6.54. The van der Waals surface area contributed by atoms with Crippen LogP contribution in [0.1, 0.15) is 19.8 Å². The zero-order valence-corrected chi connectivity index (χ0v) is 26.0. The highest BCUT2D eigenvalue weighted by Gasteiger charge is 2.25. The van der Waals surface area contributed by atoms with Crippen molar-refractivity contribution in [1.82, 2.24) is 20.2 Å². The smallest absolute Gasteiger partial charge is 0.327 e. The Kier molecular flexibility index (Phi) is 11.6. The van der Waals surface area contributed by atoms with Gasteiger partial charge in [0.05, 0.1) is 29.4 Å². The number of carboxylic acid groups (broad SMARTS) is 1. The van der Waals surface area contributed by atoms with Crippen LogP contribution in [-0.2, 0) is 19.1 Å². The van der Waals surface area contributed by atoms with Crippen molar-refractivity contribution in [3.8, 4) is 5.75 Å². The highest BCUT2D eigenvalue weighted by Crippen LogP contribution is 2.35. The van der Waals surface area contributed by atoms with Crippen LogP contribution in [0.15, 0.2) is 36.7 Å². The van der Waals surface area contributed by atoms with Gasteiger partial charge in [-0.15, -0.1) is 0 Å². The summed E-state index contributed by atoms with van der Waals surface area (Å²) < 4.78 is 25.4. The van der Waals surface area contributed by atoms with Gasteiger partial charge in [-0.2, -0.15) is 11.8 Å². The van der Waals surface area contributed by atoms with Crippen molar-refractivity contribution < 1.29 is 33.4 Å². The molecule has 0 aliphatic carbocycles. The number of carboxylic acids is 1. The number of aromatic nitrogens is 2. The Hall–Kier alpha value is -3.72. The molecule has 0 radical (unpaired) electrons. The predicted molar refractivity (Wildman–Crippen MR) is 167 cm³/mol. The first kappa shape index (κ1) is 33.2. The van der Waals surface area contributed by atoms with Gasteiger partial charge < -0.3 is 35.4 Å². The number of nitrogens with one attached hydrogen (secondary N) is 3. The van der Waals surface area contributed by atoms with Gasteiger partial charge in [0.1, 0.15) is 35.9 Å². The van der Waals surface area contributed by atoms with Crippen LogP contribution < -0.4 is 20.7 Å². The van der Waals surface area contributed by atoms with Gasteiger partial charge in [0.2, 0.25) is 11.8 Å². The van der Waals surface area contributed by atoms with Crippen molar-refractivity contribution in [3.05, 3.63) is 47.5 Å². The van der Waals surface area contributed by atoms with E-state index in [2.05, 4.69) is 25.9 Å². The normalized spacial score (nSPS) is 16.0. The van der Waals surface area contributed by atoms with Crippen molar-refractivity contribution in [2.75, 3.05) is 50.2 Å².